The molecule has 14 heavy (non-hydrogen) atoms. The first kappa shape index (κ1) is 11.1. The maximum absolute atomic E-state index is 6.04. The highest BCUT2D eigenvalue weighted by Gasteiger charge is 2.04. The fourth-order valence-corrected chi connectivity index (χ4v) is 1.44. The Morgan fingerprint density at radius 2 is 1.79 bits per heavy atom. The van der Waals surface area contributed by atoms with Gasteiger partial charge in [-0.25, -0.2) is 0 Å². The fraction of sp³-hybridized carbons (Fsp3) is 0.333. The van der Waals surface area contributed by atoms with Crippen LogP contribution in [-0.4, -0.2) is 6.04 Å². The molecular weight excluding hydrogens is 194 g/mol. The molecule has 0 atom stereocenters. The predicted molar refractivity (Wildman–Crippen MR) is 63.2 cm³/mol. The van der Waals surface area contributed by atoms with Gasteiger partial charge in [0.15, 0.2) is 0 Å². The van der Waals surface area contributed by atoms with Gasteiger partial charge in [-0.1, -0.05) is 41.9 Å². The van der Waals surface area contributed by atoms with Crippen molar-refractivity contribution in [3.8, 4) is 0 Å². The summed E-state index contributed by atoms with van der Waals surface area (Å²) in [5, 5.41) is 4.14. The Morgan fingerprint density at radius 1 is 1.21 bits per heavy atom. The standard InChI is InChI=1S/C12H16ClN/c1-9(2)14-12(10(3)13)11-7-5-4-6-8-11/h4-9,14H,1-3H3/b12-10-. The van der Waals surface area contributed by atoms with Gasteiger partial charge < -0.3 is 5.32 Å². The lowest BCUT2D eigenvalue weighted by Crippen LogP contribution is -2.21. The molecule has 0 saturated carbocycles. The normalized spacial score (nSPS) is 12.6. The number of nitrogens with one attached hydrogen (secondary N) is 1. The SMILES string of the molecule is C/C(Cl)=C(/NC(C)C)c1ccccc1. The van der Waals surface area contributed by atoms with Gasteiger partial charge in [0.1, 0.15) is 0 Å². The van der Waals surface area contributed by atoms with Gasteiger partial charge in [0.05, 0.1) is 5.70 Å². The lowest BCUT2D eigenvalue weighted by atomic mass is 10.1. The van der Waals surface area contributed by atoms with Gasteiger partial charge >= 0.3 is 0 Å². The summed E-state index contributed by atoms with van der Waals surface area (Å²) in [7, 11) is 0. The molecule has 1 nitrogen and oxygen atoms in total. The van der Waals surface area contributed by atoms with Crippen LogP contribution in [0.25, 0.3) is 5.70 Å². The molecule has 0 aromatic heterocycles. The molecule has 0 saturated heterocycles. The van der Waals surface area contributed by atoms with Crippen LogP contribution in [-0.2, 0) is 0 Å². The van der Waals surface area contributed by atoms with Gasteiger partial charge in [0, 0.05) is 11.1 Å². The van der Waals surface area contributed by atoms with E-state index in [1.165, 1.54) is 0 Å². The van der Waals surface area contributed by atoms with Crippen molar-refractivity contribution in [2.24, 2.45) is 0 Å². The molecule has 0 amide bonds. The lowest BCUT2D eigenvalue weighted by Gasteiger charge is -2.15. The molecule has 1 rings (SSSR count). The lowest BCUT2D eigenvalue weighted by molar-refractivity contribution is 0.716. The van der Waals surface area contributed by atoms with Gasteiger partial charge in [0.25, 0.3) is 0 Å². The number of benzene rings is 1. The van der Waals surface area contributed by atoms with E-state index < -0.39 is 0 Å². The Morgan fingerprint density at radius 3 is 2.21 bits per heavy atom. The van der Waals surface area contributed by atoms with E-state index in [0.717, 1.165) is 16.3 Å². The maximum atomic E-state index is 6.04. The Bertz CT molecular complexity index is 310. The van der Waals surface area contributed by atoms with Crippen molar-refractivity contribution in [3.63, 3.8) is 0 Å². The topological polar surface area (TPSA) is 12.0 Å². The van der Waals surface area contributed by atoms with Gasteiger partial charge in [-0.15, -0.1) is 0 Å². The highest BCUT2D eigenvalue weighted by Crippen LogP contribution is 2.18. The Kier molecular flexibility index (Phi) is 4.02. The molecule has 0 aliphatic rings. The van der Waals surface area contributed by atoms with Crippen molar-refractivity contribution in [3.05, 3.63) is 40.9 Å². The molecule has 0 fully saturated rings. The van der Waals surface area contributed by atoms with Crippen molar-refractivity contribution >= 4 is 17.3 Å². The van der Waals surface area contributed by atoms with E-state index in [1.807, 2.05) is 25.1 Å². The summed E-state index contributed by atoms with van der Waals surface area (Å²) in [6.07, 6.45) is 0. The largest absolute Gasteiger partial charge is 0.381 e. The number of hydrogen-bond acceptors (Lipinski definition) is 1. The maximum Gasteiger partial charge on any atom is 0.0560 e. The van der Waals surface area contributed by atoms with Crippen molar-refractivity contribution in [1.82, 2.24) is 5.32 Å². The minimum Gasteiger partial charge on any atom is -0.381 e. The molecule has 0 spiro atoms. The summed E-state index contributed by atoms with van der Waals surface area (Å²) in [5.41, 5.74) is 2.15. The van der Waals surface area contributed by atoms with Gasteiger partial charge in [-0.3, -0.25) is 0 Å². The van der Waals surface area contributed by atoms with Crippen LogP contribution < -0.4 is 5.32 Å². The van der Waals surface area contributed by atoms with Crippen LogP contribution in [0, 0.1) is 0 Å². The van der Waals surface area contributed by atoms with Gasteiger partial charge in [-0.2, -0.15) is 0 Å². The molecule has 0 radical (unpaired) electrons. The number of rotatable bonds is 3. The molecular formula is C12H16ClN. The van der Waals surface area contributed by atoms with E-state index in [9.17, 15) is 0 Å². The molecule has 0 aliphatic heterocycles. The zero-order valence-corrected chi connectivity index (χ0v) is 9.60. The zero-order valence-electron chi connectivity index (χ0n) is 8.84. The van der Waals surface area contributed by atoms with Crippen LogP contribution >= 0.6 is 11.6 Å². The van der Waals surface area contributed by atoms with E-state index in [-0.39, 0.29) is 0 Å². The van der Waals surface area contributed by atoms with Crippen LogP contribution in [0.2, 0.25) is 0 Å². The molecule has 0 aliphatic carbocycles. The Balaban J connectivity index is 2.97. The molecule has 2 heteroatoms. The van der Waals surface area contributed by atoms with Gasteiger partial charge in [-0.05, 0) is 26.3 Å². The van der Waals surface area contributed by atoms with E-state index in [2.05, 4.69) is 31.3 Å². The first-order chi connectivity index (χ1) is 6.61. The fourth-order valence-electron chi connectivity index (χ4n) is 1.28. The number of halogens is 1. The summed E-state index contributed by atoms with van der Waals surface area (Å²) >= 11 is 6.04. The summed E-state index contributed by atoms with van der Waals surface area (Å²) in [5.74, 6) is 0. The smallest absolute Gasteiger partial charge is 0.0560 e. The second-order valence-corrected chi connectivity index (χ2v) is 4.14. The van der Waals surface area contributed by atoms with Crippen LogP contribution in [0.5, 0.6) is 0 Å². The molecule has 1 aromatic rings. The van der Waals surface area contributed by atoms with Crippen LogP contribution in [0.3, 0.4) is 0 Å². The van der Waals surface area contributed by atoms with Crippen molar-refractivity contribution < 1.29 is 0 Å². The molecule has 0 heterocycles. The highest BCUT2D eigenvalue weighted by atomic mass is 35.5. The molecule has 1 aromatic carbocycles. The van der Waals surface area contributed by atoms with Gasteiger partial charge in [0.2, 0.25) is 0 Å². The first-order valence-electron chi connectivity index (χ1n) is 4.79. The highest BCUT2D eigenvalue weighted by molar-refractivity contribution is 6.32. The molecule has 0 unspecified atom stereocenters. The summed E-state index contributed by atoms with van der Waals surface area (Å²) in [6.45, 7) is 6.10. The first-order valence-corrected chi connectivity index (χ1v) is 5.17. The average Bonchev–Trinajstić information content (AvgIpc) is 2.15. The third-order valence-corrected chi connectivity index (χ3v) is 2.03. The summed E-state index contributed by atoms with van der Waals surface area (Å²) in [4.78, 5) is 0. The van der Waals surface area contributed by atoms with Crippen LogP contribution in [0.15, 0.2) is 35.4 Å². The van der Waals surface area contributed by atoms with E-state index in [4.69, 9.17) is 11.6 Å². The third kappa shape index (κ3) is 3.08. The van der Waals surface area contributed by atoms with Crippen molar-refractivity contribution in [2.75, 3.05) is 0 Å². The van der Waals surface area contributed by atoms with E-state index in [1.54, 1.807) is 0 Å². The van der Waals surface area contributed by atoms with Crippen molar-refractivity contribution in [2.45, 2.75) is 26.8 Å². The van der Waals surface area contributed by atoms with E-state index >= 15 is 0 Å². The summed E-state index contributed by atoms with van der Waals surface area (Å²) in [6, 6.07) is 10.5. The average molecular weight is 210 g/mol. The van der Waals surface area contributed by atoms with Crippen LogP contribution in [0.4, 0.5) is 0 Å². The van der Waals surface area contributed by atoms with E-state index in [0.29, 0.717) is 6.04 Å². The minimum absolute atomic E-state index is 0.388. The molecule has 76 valence electrons. The van der Waals surface area contributed by atoms with Crippen molar-refractivity contribution in [1.29, 1.82) is 0 Å². The number of hydrogen-bond donors (Lipinski definition) is 1. The third-order valence-electron chi connectivity index (χ3n) is 1.84. The molecule has 0 bridgehead atoms. The second kappa shape index (κ2) is 5.06. The Labute approximate surface area is 90.8 Å². The minimum atomic E-state index is 0.388. The predicted octanol–water partition coefficient (Wildman–Crippen LogP) is 3.61. The zero-order chi connectivity index (χ0) is 10.6. The monoisotopic (exact) mass is 209 g/mol. The quantitative estimate of drug-likeness (QED) is 0.802. The molecule has 1 N–H and O–H groups in total. The Hall–Kier alpha value is -0.950. The summed E-state index contributed by atoms with van der Waals surface area (Å²) < 4.78 is 0. The number of allylic oxidation sites excluding steroid dienone is 1. The second-order valence-electron chi connectivity index (χ2n) is 3.57. The van der Waals surface area contributed by atoms with Crippen LogP contribution in [0.1, 0.15) is 26.3 Å².